The standard InChI is InChI=1S/C18H19N3O6S/c1-18(12-4-6-13(7-5-12)21(25)26)16(23)20(17(24)19-18)9-14(22)10-27-11-15-3-2-8-28-15/h2-8,14,22H,9-11H2,1H3,(H,19,24)/t14-,18+/m1/s1. The Morgan fingerprint density at radius 3 is 2.64 bits per heavy atom. The van der Waals surface area contributed by atoms with Gasteiger partial charge in [0, 0.05) is 17.0 Å². The number of nitro groups is 1. The van der Waals surface area contributed by atoms with E-state index in [1.165, 1.54) is 42.5 Å². The van der Waals surface area contributed by atoms with Gasteiger partial charge in [0.25, 0.3) is 11.6 Å². The molecule has 0 aliphatic carbocycles. The first-order valence-electron chi connectivity index (χ1n) is 8.48. The third-order valence-corrected chi connectivity index (χ3v) is 5.31. The van der Waals surface area contributed by atoms with E-state index in [2.05, 4.69) is 5.32 Å². The summed E-state index contributed by atoms with van der Waals surface area (Å²) in [6, 6.07) is 8.58. The Bertz CT molecular complexity index is 870. The normalized spacial score (nSPS) is 20.3. The minimum atomic E-state index is -1.36. The maximum absolute atomic E-state index is 12.8. The molecule has 0 bridgehead atoms. The van der Waals surface area contributed by atoms with Crippen LogP contribution in [0.2, 0.25) is 0 Å². The number of urea groups is 1. The second-order valence-corrected chi connectivity index (χ2v) is 7.56. The molecule has 28 heavy (non-hydrogen) atoms. The maximum atomic E-state index is 12.8. The van der Waals surface area contributed by atoms with Gasteiger partial charge in [-0.15, -0.1) is 11.3 Å². The van der Waals surface area contributed by atoms with E-state index in [-0.39, 0.29) is 18.8 Å². The molecule has 1 fully saturated rings. The van der Waals surface area contributed by atoms with Crippen LogP contribution in [0, 0.1) is 10.1 Å². The zero-order chi connectivity index (χ0) is 20.3. The molecule has 9 nitrogen and oxygen atoms in total. The molecule has 3 amide bonds. The van der Waals surface area contributed by atoms with Crippen LogP contribution in [0.4, 0.5) is 10.5 Å². The van der Waals surface area contributed by atoms with Gasteiger partial charge in [0.05, 0.1) is 30.8 Å². The molecule has 3 rings (SSSR count). The van der Waals surface area contributed by atoms with Crippen molar-refractivity contribution in [1.29, 1.82) is 0 Å². The van der Waals surface area contributed by atoms with Crippen molar-refractivity contribution >= 4 is 29.0 Å². The van der Waals surface area contributed by atoms with E-state index >= 15 is 0 Å². The predicted octanol–water partition coefficient (Wildman–Crippen LogP) is 2.00. The number of carbonyl (C=O) groups excluding carboxylic acids is 2. The SMILES string of the molecule is C[C@@]1(c2ccc([N+](=O)[O-])cc2)NC(=O)N(C[C@@H](O)COCc2cccs2)C1=O. The lowest BCUT2D eigenvalue weighted by Gasteiger charge is -2.23. The monoisotopic (exact) mass is 405 g/mol. The van der Waals surface area contributed by atoms with Gasteiger partial charge in [0.2, 0.25) is 0 Å². The van der Waals surface area contributed by atoms with E-state index in [1.807, 2.05) is 17.5 Å². The van der Waals surface area contributed by atoms with Gasteiger partial charge in [-0.1, -0.05) is 6.07 Å². The molecule has 1 aliphatic heterocycles. The molecular formula is C18H19N3O6S. The Morgan fingerprint density at radius 2 is 2.04 bits per heavy atom. The molecule has 0 radical (unpaired) electrons. The Hall–Kier alpha value is -2.82. The molecule has 1 aliphatic rings. The highest BCUT2D eigenvalue weighted by Gasteiger charge is 2.49. The third-order valence-electron chi connectivity index (χ3n) is 4.46. The zero-order valence-electron chi connectivity index (χ0n) is 15.0. The molecule has 2 heterocycles. The van der Waals surface area contributed by atoms with Crippen LogP contribution in [0.15, 0.2) is 41.8 Å². The van der Waals surface area contributed by atoms with E-state index in [1.54, 1.807) is 0 Å². The number of imide groups is 1. The molecular weight excluding hydrogens is 386 g/mol. The van der Waals surface area contributed by atoms with Crippen LogP contribution in [0.5, 0.6) is 0 Å². The molecule has 2 N–H and O–H groups in total. The molecule has 1 aromatic carbocycles. The number of aliphatic hydroxyl groups is 1. The van der Waals surface area contributed by atoms with Crippen molar-refractivity contribution < 1.29 is 24.4 Å². The van der Waals surface area contributed by atoms with Gasteiger partial charge < -0.3 is 15.2 Å². The van der Waals surface area contributed by atoms with Crippen molar-refractivity contribution in [3.8, 4) is 0 Å². The summed E-state index contributed by atoms with van der Waals surface area (Å²) in [5.74, 6) is -0.538. The summed E-state index contributed by atoms with van der Waals surface area (Å²) in [5.41, 5.74) is -1.05. The Kier molecular flexibility index (Phi) is 5.73. The van der Waals surface area contributed by atoms with Crippen LogP contribution >= 0.6 is 11.3 Å². The summed E-state index contributed by atoms with van der Waals surface area (Å²) < 4.78 is 5.42. The Balaban J connectivity index is 1.62. The number of ether oxygens (including phenoxy) is 1. The molecule has 2 aromatic rings. The lowest BCUT2D eigenvalue weighted by Crippen LogP contribution is -2.42. The minimum absolute atomic E-state index is 0.0246. The fourth-order valence-electron chi connectivity index (χ4n) is 2.93. The number of non-ortho nitro benzene ring substituents is 1. The van der Waals surface area contributed by atoms with Crippen molar-refractivity contribution in [3.05, 3.63) is 62.3 Å². The molecule has 0 unspecified atom stereocenters. The van der Waals surface area contributed by atoms with Crippen LogP contribution < -0.4 is 5.32 Å². The van der Waals surface area contributed by atoms with E-state index < -0.39 is 28.5 Å². The Labute approximate surface area is 164 Å². The highest BCUT2D eigenvalue weighted by Crippen LogP contribution is 2.30. The van der Waals surface area contributed by atoms with Gasteiger partial charge in [0.1, 0.15) is 5.54 Å². The summed E-state index contributed by atoms with van der Waals surface area (Å²) >= 11 is 1.53. The number of carbonyl (C=O) groups is 2. The predicted molar refractivity (Wildman–Crippen MR) is 101 cm³/mol. The summed E-state index contributed by atoms with van der Waals surface area (Å²) in [4.78, 5) is 37.3. The minimum Gasteiger partial charge on any atom is -0.389 e. The number of β-amino-alcohol motifs (C(OH)–C–C–N with tert-alkyl or cyclic N) is 1. The molecule has 10 heteroatoms. The van der Waals surface area contributed by atoms with Gasteiger partial charge in [-0.05, 0) is 36.1 Å². The zero-order valence-corrected chi connectivity index (χ0v) is 15.8. The number of hydrogen-bond donors (Lipinski definition) is 2. The molecule has 0 spiro atoms. The van der Waals surface area contributed by atoms with Crippen LogP contribution in [0.1, 0.15) is 17.4 Å². The van der Waals surface area contributed by atoms with Crippen molar-refractivity contribution in [3.63, 3.8) is 0 Å². The van der Waals surface area contributed by atoms with Crippen LogP contribution in [-0.2, 0) is 21.7 Å². The first-order chi connectivity index (χ1) is 13.3. The number of aliphatic hydroxyl groups excluding tert-OH is 1. The van der Waals surface area contributed by atoms with Crippen LogP contribution in [0.3, 0.4) is 0 Å². The lowest BCUT2D eigenvalue weighted by molar-refractivity contribution is -0.384. The third kappa shape index (κ3) is 4.03. The molecule has 1 aromatic heterocycles. The average molecular weight is 405 g/mol. The summed E-state index contributed by atoms with van der Waals surface area (Å²) in [5, 5.41) is 25.4. The van der Waals surface area contributed by atoms with E-state index in [4.69, 9.17) is 4.74 Å². The van der Waals surface area contributed by atoms with Gasteiger partial charge in [-0.25, -0.2) is 4.79 Å². The van der Waals surface area contributed by atoms with E-state index in [0.29, 0.717) is 12.2 Å². The average Bonchev–Trinajstić information content (AvgIpc) is 3.25. The number of amides is 3. The first kappa shape index (κ1) is 19.9. The lowest BCUT2D eigenvalue weighted by atomic mass is 9.92. The summed E-state index contributed by atoms with van der Waals surface area (Å²) in [7, 11) is 0. The van der Waals surface area contributed by atoms with Gasteiger partial charge in [-0.2, -0.15) is 0 Å². The van der Waals surface area contributed by atoms with Crippen LogP contribution in [-0.4, -0.2) is 46.1 Å². The second kappa shape index (κ2) is 8.05. The van der Waals surface area contributed by atoms with Crippen molar-refractivity contribution in [2.45, 2.75) is 25.2 Å². The highest BCUT2D eigenvalue weighted by molar-refractivity contribution is 7.09. The van der Waals surface area contributed by atoms with Crippen LogP contribution in [0.25, 0.3) is 0 Å². The number of hydrogen-bond acceptors (Lipinski definition) is 7. The number of rotatable bonds is 8. The van der Waals surface area contributed by atoms with Gasteiger partial charge in [-0.3, -0.25) is 19.8 Å². The number of nitrogens with one attached hydrogen (secondary N) is 1. The largest absolute Gasteiger partial charge is 0.389 e. The number of nitro benzene ring substituents is 1. The quantitative estimate of drug-likeness (QED) is 0.393. The van der Waals surface area contributed by atoms with Crippen molar-refractivity contribution in [2.75, 3.05) is 13.2 Å². The number of nitrogens with zero attached hydrogens (tertiary/aromatic N) is 2. The second-order valence-electron chi connectivity index (χ2n) is 6.52. The fourth-order valence-corrected chi connectivity index (χ4v) is 3.57. The van der Waals surface area contributed by atoms with Crippen molar-refractivity contribution in [1.82, 2.24) is 10.2 Å². The smallest absolute Gasteiger partial charge is 0.325 e. The molecule has 2 atom stereocenters. The number of benzene rings is 1. The topological polar surface area (TPSA) is 122 Å². The van der Waals surface area contributed by atoms with E-state index in [9.17, 15) is 24.8 Å². The fraction of sp³-hybridized carbons (Fsp3) is 0.333. The first-order valence-corrected chi connectivity index (χ1v) is 9.36. The van der Waals surface area contributed by atoms with Gasteiger partial charge in [0.15, 0.2) is 0 Å². The number of thiophene rings is 1. The summed E-state index contributed by atoms with van der Waals surface area (Å²) in [6.07, 6.45) is -1.03. The van der Waals surface area contributed by atoms with E-state index in [0.717, 1.165) is 9.78 Å². The van der Waals surface area contributed by atoms with Gasteiger partial charge >= 0.3 is 6.03 Å². The maximum Gasteiger partial charge on any atom is 0.325 e. The molecule has 0 saturated carbocycles. The highest BCUT2D eigenvalue weighted by atomic mass is 32.1. The van der Waals surface area contributed by atoms with Crippen molar-refractivity contribution in [2.24, 2.45) is 0 Å². The Morgan fingerprint density at radius 1 is 1.32 bits per heavy atom. The molecule has 1 saturated heterocycles. The summed E-state index contributed by atoms with van der Waals surface area (Å²) in [6.45, 7) is 1.63. The molecule has 148 valence electrons.